The average Bonchev–Trinajstić information content (AvgIpc) is 2.87. The Bertz CT molecular complexity index is 942. The van der Waals surface area contributed by atoms with E-state index in [1.807, 2.05) is 0 Å². The van der Waals surface area contributed by atoms with Crippen molar-refractivity contribution in [1.82, 2.24) is 10.6 Å². The summed E-state index contributed by atoms with van der Waals surface area (Å²) in [6, 6.07) is 9.56. The van der Waals surface area contributed by atoms with Gasteiger partial charge in [-0.1, -0.05) is 51.4 Å². The Labute approximate surface area is 229 Å². The number of hydrogen-bond acceptors (Lipinski definition) is 4. The Balaban J connectivity index is 1.40. The van der Waals surface area contributed by atoms with Gasteiger partial charge in [-0.05, 0) is 61.4 Å². The van der Waals surface area contributed by atoms with Gasteiger partial charge < -0.3 is 20.1 Å². The van der Waals surface area contributed by atoms with E-state index in [4.69, 9.17) is 0 Å². The fraction of sp³-hybridized carbons (Fsp3) is 0.500. The van der Waals surface area contributed by atoms with Gasteiger partial charge in [-0.15, -0.1) is 26.3 Å². The summed E-state index contributed by atoms with van der Waals surface area (Å²) < 4.78 is 80.7. The van der Waals surface area contributed by atoms with Crippen LogP contribution >= 0.6 is 0 Å². The number of alkyl halides is 6. The summed E-state index contributed by atoms with van der Waals surface area (Å²) >= 11 is 0. The first-order chi connectivity index (χ1) is 18.9. The molecule has 2 aromatic carbocycles. The molecule has 0 radical (unpaired) electrons. The minimum absolute atomic E-state index is 0.269. The maximum absolute atomic E-state index is 12.2. The van der Waals surface area contributed by atoms with Crippen molar-refractivity contribution in [2.75, 3.05) is 13.1 Å². The van der Waals surface area contributed by atoms with E-state index in [0.29, 0.717) is 13.1 Å². The number of amides is 2. The van der Waals surface area contributed by atoms with Gasteiger partial charge in [0.2, 0.25) is 0 Å². The highest BCUT2D eigenvalue weighted by Crippen LogP contribution is 2.23. The van der Waals surface area contributed by atoms with E-state index in [1.165, 1.54) is 24.3 Å². The number of benzene rings is 2. The molecule has 0 atom stereocenters. The van der Waals surface area contributed by atoms with E-state index in [2.05, 4.69) is 20.1 Å². The van der Waals surface area contributed by atoms with Crippen LogP contribution in [0.4, 0.5) is 26.3 Å². The molecule has 2 N–H and O–H groups in total. The molecule has 6 nitrogen and oxygen atoms in total. The van der Waals surface area contributed by atoms with Gasteiger partial charge in [0.15, 0.2) is 0 Å². The lowest BCUT2D eigenvalue weighted by Gasteiger charge is -2.09. The van der Waals surface area contributed by atoms with Gasteiger partial charge in [0.25, 0.3) is 11.8 Å². The van der Waals surface area contributed by atoms with Crippen LogP contribution in [-0.4, -0.2) is 37.6 Å². The van der Waals surface area contributed by atoms with E-state index in [0.717, 1.165) is 88.5 Å². The highest BCUT2D eigenvalue weighted by molar-refractivity contribution is 5.94. The van der Waals surface area contributed by atoms with Crippen molar-refractivity contribution < 1.29 is 45.4 Å². The van der Waals surface area contributed by atoms with Crippen molar-refractivity contribution in [3.63, 3.8) is 0 Å². The number of ether oxygens (including phenoxy) is 2. The van der Waals surface area contributed by atoms with E-state index >= 15 is 0 Å². The normalized spacial score (nSPS) is 11.7. The lowest BCUT2D eigenvalue weighted by Crippen LogP contribution is -2.24. The number of unbranched alkanes of at least 4 members (excludes halogenated alkanes) is 9. The number of halogens is 6. The number of hydrogen-bond donors (Lipinski definition) is 2. The third-order valence-electron chi connectivity index (χ3n) is 5.87. The second kappa shape index (κ2) is 16.6. The van der Waals surface area contributed by atoms with Crippen LogP contribution in [0.1, 0.15) is 84.9 Å². The summed E-state index contributed by atoms with van der Waals surface area (Å²) in [7, 11) is 0. The predicted octanol–water partition coefficient (Wildman–Crippen LogP) is 7.54. The molecule has 0 aliphatic rings. The summed E-state index contributed by atoms with van der Waals surface area (Å²) in [5, 5.41) is 5.51. The molecule has 0 aliphatic heterocycles. The third-order valence-corrected chi connectivity index (χ3v) is 5.87. The Kier molecular flexibility index (Phi) is 13.6. The van der Waals surface area contributed by atoms with E-state index in [1.54, 1.807) is 0 Å². The first kappa shape index (κ1) is 32.8. The zero-order valence-electron chi connectivity index (χ0n) is 22.0. The molecular weight excluding hydrogens is 542 g/mol. The standard InChI is InChI=1S/C28H34F6N2O4/c29-27(30,31)39-23-15-11-21(12-16-23)25(37)35-19-9-7-5-3-1-2-4-6-8-10-20-36-26(38)22-13-17-24(18-14-22)40-28(32,33)34/h11-18H,1-10,19-20H2,(H,35,37)(H,36,38). The number of rotatable bonds is 17. The maximum atomic E-state index is 12.2. The molecule has 0 spiro atoms. The largest absolute Gasteiger partial charge is 0.573 e. The monoisotopic (exact) mass is 576 g/mol. The molecule has 0 fully saturated rings. The van der Waals surface area contributed by atoms with Crippen molar-refractivity contribution in [3.05, 3.63) is 59.7 Å². The molecule has 0 bridgehead atoms. The predicted molar refractivity (Wildman–Crippen MR) is 137 cm³/mol. The summed E-state index contributed by atoms with van der Waals surface area (Å²) in [5.74, 6) is -1.43. The van der Waals surface area contributed by atoms with Crippen molar-refractivity contribution in [2.45, 2.75) is 76.9 Å². The van der Waals surface area contributed by atoms with Crippen molar-refractivity contribution in [1.29, 1.82) is 0 Å². The molecule has 0 heterocycles. The molecule has 0 unspecified atom stereocenters. The van der Waals surface area contributed by atoms with Crippen LogP contribution in [-0.2, 0) is 0 Å². The molecule has 222 valence electrons. The van der Waals surface area contributed by atoms with Crippen LogP contribution in [0.2, 0.25) is 0 Å². The van der Waals surface area contributed by atoms with Crippen LogP contribution in [0.15, 0.2) is 48.5 Å². The van der Waals surface area contributed by atoms with Crippen molar-refractivity contribution >= 4 is 11.8 Å². The molecule has 12 heteroatoms. The Hall–Kier alpha value is -3.44. The first-order valence-electron chi connectivity index (χ1n) is 13.2. The van der Waals surface area contributed by atoms with Crippen LogP contribution in [0.3, 0.4) is 0 Å². The third kappa shape index (κ3) is 14.6. The summed E-state index contributed by atoms with van der Waals surface area (Å²) in [4.78, 5) is 24.1. The molecule has 0 saturated carbocycles. The van der Waals surface area contributed by atoms with Crippen molar-refractivity contribution in [3.8, 4) is 11.5 Å². The smallest absolute Gasteiger partial charge is 0.406 e. The SMILES string of the molecule is O=C(NCCCCCCCCCCCCNC(=O)c1ccc(OC(F)(F)F)cc1)c1ccc(OC(F)(F)F)cc1. The van der Waals surface area contributed by atoms with E-state index in [-0.39, 0.29) is 34.4 Å². The van der Waals surface area contributed by atoms with Gasteiger partial charge in [-0.2, -0.15) is 0 Å². The average molecular weight is 577 g/mol. The van der Waals surface area contributed by atoms with Crippen molar-refractivity contribution in [2.24, 2.45) is 0 Å². The van der Waals surface area contributed by atoms with Gasteiger partial charge in [0, 0.05) is 24.2 Å². The second-order valence-corrected chi connectivity index (χ2v) is 9.19. The fourth-order valence-electron chi connectivity index (χ4n) is 3.89. The van der Waals surface area contributed by atoms with E-state index < -0.39 is 12.7 Å². The zero-order chi connectivity index (χ0) is 29.4. The van der Waals surface area contributed by atoms with Gasteiger partial charge in [-0.3, -0.25) is 9.59 Å². The minimum atomic E-state index is -4.77. The fourth-order valence-corrected chi connectivity index (χ4v) is 3.89. The van der Waals surface area contributed by atoms with Gasteiger partial charge in [0.1, 0.15) is 11.5 Å². The molecule has 2 rings (SSSR count). The van der Waals surface area contributed by atoms with Gasteiger partial charge in [0.05, 0.1) is 0 Å². The lowest BCUT2D eigenvalue weighted by atomic mass is 10.1. The molecular formula is C28H34F6N2O4. The second-order valence-electron chi connectivity index (χ2n) is 9.19. The van der Waals surface area contributed by atoms with E-state index in [9.17, 15) is 35.9 Å². The number of carbonyl (C=O) groups excluding carboxylic acids is 2. The summed E-state index contributed by atoms with van der Waals surface area (Å²) in [5.41, 5.74) is 0.537. The number of carbonyl (C=O) groups is 2. The molecule has 40 heavy (non-hydrogen) atoms. The summed E-state index contributed by atoms with van der Waals surface area (Å²) in [6.45, 7) is 0.988. The first-order valence-corrected chi connectivity index (χ1v) is 13.2. The highest BCUT2D eigenvalue weighted by atomic mass is 19.4. The van der Waals surface area contributed by atoms with Crippen LogP contribution in [0.5, 0.6) is 11.5 Å². The van der Waals surface area contributed by atoms with Crippen LogP contribution in [0, 0.1) is 0 Å². The molecule has 0 saturated heterocycles. The number of nitrogens with one attached hydrogen (secondary N) is 2. The zero-order valence-corrected chi connectivity index (χ0v) is 22.0. The van der Waals surface area contributed by atoms with Gasteiger partial charge >= 0.3 is 12.7 Å². The Morgan fingerprint density at radius 1 is 0.500 bits per heavy atom. The molecule has 2 amide bonds. The summed E-state index contributed by atoms with van der Waals surface area (Å²) in [6.07, 6.45) is 0.552. The van der Waals surface area contributed by atoms with Gasteiger partial charge in [-0.25, -0.2) is 0 Å². The molecule has 0 aliphatic carbocycles. The Morgan fingerprint density at radius 3 is 1.05 bits per heavy atom. The minimum Gasteiger partial charge on any atom is -0.406 e. The maximum Gasteiger partial charge on any atom is 0.573 e. The highest BCUT2D eigenvalue weighted by Gasteiger charge is 2.31. The topological polar surface area (TPSA) is 76.7 Å². The van der Waals surface area contributed by atoms with Crippen LogP contribution < -0.4 is 20.1 Å². The molecule has 0 aromatic heterocycles. The Morgan fingerprint density at radius 2 is 0.775 bits per heavy atom. The lowest BCUT2D eigenvalue weighted by molar-refractivity contribution is -0.275. The quantitative estimate of drug-likeness (QED) is 0.151. The van der Waals surface area contributed by atoms with Crippen LogP contribution in [0.25, 0.3) is 0 Å². The molecule has 2 aromatic rings.